The standard InChI is InChI=1S/C16H13NO3/c1-19-11-20-16-8-12(9-17)5-6-15(16)14-4-2-3-13(7-14)10-18/h2-8,10H,11H2,1H3. The highest BCUT2D eigenvalue weighted by atomic mass is 16.7. The van der Waals surface area contributed by atoms with E-state index in [0.717, 1.165) is 17.4 Å². The van der Waals surface area contributed by atoms with Gasteiger partial charge >= 0.3 is 0 Å². The van der Waals surface area contributed by atoms with Crippen molar-refractivity contribution >= 4 is 6.29 Å². The van der Waals surface area contributed by atoms with Gasteiger partial charge in [0.1, 0.15) is 12.0 Å². The summed E-state index contributed by atoms with van der Waals surface area (Å²) in [4.78, 5) is 10.9. The zero-order valence-corrected chi connectivity index (χ0v) is 11.0. The van der Waals surface area contributed by atoms with Crippen molar-refractivity contribution in [2.75, 3.05) is 13.9 Å². The molecule has 20 heavy (non-hydrogen) atoms. The molecule has 0 aliphatic heterocycles. The highest BCUT2D eigenvalue weighted by molar-refractivity contribution is 5.80. The van der Waals surface area contributed by atoms with Crippen LogP contribution in [-0.4, -0.2) is 20.2 Å². The van der Waals surface area contributed by atoms with Gasteiger partial charge < -0.3 is 9.47 Å². The number of nitriles is 1. The number of benzene rings is 2. The van der Waals surface area contributed by atoms with Crippen LogP contribution in [0.25, 0.3) is 11.1 Å². The Balaban J connectivity index is 2.48. The Hall–Kier alpha value is -2.64. The van der Waals surface area contributed by atoms with Crippen LogP contribution >= 0.6 is 0 Å². The van der Waals surface area contributed by atoms with Gasteiger partial charge in [-0.1, -0.05) is 18.2 Å². The van der Waals surface area contributed by atoms with E-state index in [1.165, 1.54) is 7.11 Å². The fraction of sp³-hybridized carbons (Fsp3) is 0.125. The average molecular weight is 267 g/mol. The Labute approximate surface area is 117 Å². The Bertz CT molecular complexity index is 659. The second-order valence-corrected chi connectivity index (χ2v) is 4.12. The number of rotatable bonds is 5. The molecule has 4 heteroatoms. The maximum atomic E-state index is 10.9. The first-order valence-electron chi connectivity index (χ1n) is 6.00. The van der Waals surface area contributed by atoms with E-state index in [4.69, 9.17) is 14.7 Å². The summed E-state index contributed by atoms with van der Waals surface area (Å²) >= 11 is 0. The number of hydrogen-bond acceptors (Lipinski definition) is 4. The van der Waals surface area contributed by atoms with Gasteiger partial charge in [-0.05, 0) is 29.8 Å². The molecule has 2 aromatic rings. The normalized spacial score (nSPS) is 9.80. The van der Waals surface area contributed by atoms with E-state index in [1.54, 1.807) is 36.4 Å². The molecule has 0 fully saturated rings. The third-order valence-corrected chi connectivity index (χ3v) is 2.78. The molecule has 0 heterocycles. The van der Waals surface area contributed by atoms with Crippen LogP contribution < -0.4 is 4.74 Å². The number of carbonyl (C=O) groups excluding carboxylic acids is 1. The van der Waals surface area contributed by atoms with Crippen LogP contribution in [-0.2, 0) is 4.74 Å². The van der Waals surface area contributed by atoms with Crippen molar-refractivity contribution in [2.24, 2.45) is 0 Å². The zero-order chi connectivity index (χ0) is 14.4. The lowest BCUT2D eigenvalue weighted by atomic mass is 10.0. The van der Waals surface area contributed by atoms with E-state index >= 15 is 0 Å². The summed E-state index contributed by atoms with van der Waals surface area (Å²) < 4.78 is 10.4. The molecule has 0 N–H and O–H groups in total. The van der Waals surface area contributed by atoms with Crippen LogP contribution in [0.5, 0.6) is 5.75 Å². The third-order valence-electron chi connectivity index (χ3n) is 2.78. The predicted molar refractivity (Wildman–Crippen MR) is 74.5 cm³/mol. The molecule has 0 atom stereocenters. The summed E-state index contributed by atoms with van der Waals surface area (Å²) in [5.41, 5.74) is 2.76. The Morgan fingerprint density at radius 3 is 2.80 bits per heavy atom. The minimum atomic E-state index is 0.0925. The fourth-order valence-electron chi connectivity index (χ4n) is 1.85. The molecule has 0 saturated heterocycles. The molecule has 0 radical (unpaired) electrons. The van der Waals surface area contributed by atoms with Gasteiger partial charge in [0.25, 0.3) is 0 Å². The molecule has 0 amide bonds. The first-order valence-corrected chi connectivity index (χ1v) is 6.00. The minimum Gasteiger partial charge on any atom is -0.467 e. The van der Waals surface area contributed by atoms with Gasteiger partial charge in [0.2, 0.25) is 0 Å². The van der Waals surface area contributed by atoms with E-state index in [2.05, 4.69) is 6.07 Å². The summed E-state index contributed by atoms with van der Waals surface area (Å²) in [6, 6.07) is 14.4. The van der Waals surface area contributed by atoms with Gasteiger partial charge in [0, 0.05) is 18.2 Å². The van der Waals surface area contributed by atoms with Crippen molar-refractivity contribution in [3.63, 3.8) is 0 Å². The van der Waals surface area contributed by atoms with E-state index in [0.29, 0.717) is 16.9 Å². The molecule has 0 unspecified atom stereocenters. The first-order chi connectivity index (χ1) is 9.78. The molecule has 0 saturated carbocycles. The van der Waals surface area contributed by atoms with E-state index in [-0.39, 0.29) is 6.79 Å². The minimum absolute atomic E-state index is 0.0925. The third kappa shape index (κ3) is 3.02. The quantitative estimate of drug-likeness (QED) is 0.617. The van der Waals surface area contributed by atoms with Crippen LogP contribution in [0.2, 0.25) is 0 Å². The van der Waals surface area contributed by atoms with Crippen LogP contribution in [0, 0.1) is 11.3 Å². The molecule has 0 aliphatic rings. The highest BCUT2D eigenvalue weighted by Gasteiger charge is 2.08. The molecule has 0 aromatic heterocycles. The largest absolute Gasteiger partial charge is 0.467 e. The van der Waals surface area contributed by atoms with Gasteiger partial charge in [0.05, 0.1) is 11.6 Å². The summed E-state index contributed by atoms with van der Waals surface area (Å²) in [6.07, 6.45) is 0.794. The molecule has 2 rings (SSSR count). The Kier molecular flexibility index (Phi) is 4.48. The number of aldehydes is 1. The summed E-state index contributed by atoms with van der Waals surface area (Å²) in [6.45, 7) is 0.0925. The molecule has 0 bridgehead atoms. The van der Waals surface area contributed by atoms with E-state index in [9.17, 15) is 4.79 Å². The monoisotopic (exact) mass is 267 g/mol. The van der Waals surface area contributed by atoms with Crippen molar-refractivity contribution < 1.29 is 14.3 Å². The lowest BCUT2D eigenvalue weighted by molar-refractivity contribution is 0.0515. The van der Waals surface area contributed by atoms with Crippen molar-refractivity contribution in [3.05, 3.63) is 53.6 Å². The van der Waals surface area contributed by atoms with Crippen molar-refractivity contribution in [3.8, 4) is 22.9 Å². The van der Waals surface area contributed by atoms with Gasteiger partial charge in [-0.15, -0.1) is 0 Å². The fourth-order valence-corrected chi connectivity index (χ4v) is 1.85. The second-order valence-electron chi connectivity index (χ2n) is 4.12. The zero-order valence-electron chi connectivity index (χ0n) is 11.0. The lowest BCUT2D eigenvalue weighted by Gasteiger charge is -2.11. The predicted octanol–water partition coefficient (Wildman–Crippen LogP) is 3.02. The number of carbonyl (C=O) groups is 1. The molecule has 4 nitrogen and oxygen atoms in total. The summed E-state index contributed by atoms with van der Waals surface area (Å²) in [5.74, 6) is 0.550. The van der Waals surface area contributed by atoms with Crippen LogP contribution in [0.15, 0.2) is 42.5 Å². The van der Waals surface area contributed by atoms with E-state index < -0.39 is 0 Å². The van der Waals surface area contributed by atoms with Crippen LogP contribution in [0.1, 0.15) is 15.9 Å². The van der Waals surface area contributed by atoms with E-state index in [1.807, 2.05) is 6.07 Å². The highest BCUT2D eigenvalue weighted by Crippen LogP contribution is 2.31. The number of methoxy groups -OCH3 is 1. The number of ether oxygens (including phenoxy) is 2. The van der Waals surface area contributed by atoms with Crippen LogP contribution in [0.4, 0.5) is 0 Å². The van der Waals surface area contributed by atoms with Gasteiger partial charge in [-0.25, -0.2) is 0 Å². The summed E-state index contributed by atoms with van der Waals surface area (Å²) in [7, 11) is 1.53. The van der Waals surface area contributed by atoms with Crippen molar-refractivity contribution in [1.29, 1.82) is 5.26 Å². The SMILES string of the molecule is COCOc1cc(C#N)ccc1-c1cccc(C=O)c1. The first kappa shape index (κ1) is 13.8. The van der Waals surface area contributed by atoms with Gasteiger partial charge in [0.15, 0.2) is 6.79 Å². The van der Waals surface area contributed by atoms with Crippen molar-refractivity contribution in [1.82, 2.24) is 0 Å². The van der Waals surface area contributed by atoms with Gasteiger partial charge in [-0.3, -0.25) is 4.79 Å². The molecule has 100 valence electrons. The van der Waals surface area contributed by atoms with Crippen molar-refractivity contribution in [2.45, 2.75) is 0 Å². The second kappa shape index (κ2) is 6.50. The smallest absolute Gasteiger partial charge is 0.188 e. The number of nitrogens with zero attached hydrogens (tertiary/aromatic N) is 1. The van der Waals surface area contributed by atoms with Crippen LogP contribution in [0.3, 0.4) is 0 Å². The average Bonchev–Trinajstić information content (AvgIpc) is 2.52. The number of hydrogen-bond donors (Lipinski definition) is 0. The molecular formula is C16H13NO3. The maximum Gasteiger partial charge on any atom is 0.188 e. The molecule has 0 aliphatic carbocycles. The Morgan fingerprint density at radius 1 is 1.25 bits per heavy atom. The molecule has 0 spiro atoms. The maximum absolute atomic E-state index is 10.9. The topological polar surface area (TPSA) is 59.3 Å². The molecule has 2 aromatic carbocycles. The molecular weight excluding hydrogens is 254 g/mol. The van der Waals surface area contributed by atoms with Gasteiger partial charge in [-0.2, -0.15) is 5.26 Å². The lowest BCUT2D eigenvalue weighted by Crippen LogP contribution is -2.00. The summed E-state index contributed by atoms with van der Waals surface area (Å²) in [5, 5.41) is 8.95. The Morgan fingerprint density at radius 2 is 2.10 bits per heavy atom.